The normalized spacial score (nSPS) is 15.8. The summed E-state index contributed by atoms with van der Waals surface area (Å²) in [5.74, 6) is 0.267. The van der Waals surface area contributed by atoms with E-state index in [0.29, 0.717) is 57.0 Å². The van der Waals surface area contributed by atoms with Gasteiger partial charge < -0.3 is 25.0 Å². The Bertz CT molecular complexity index is 1600. The van der Waals surface area contributed by atoms with Crippen LogP contribution in [0.2, 0.25) is 10.0 Å². The van der Waals surface area contributed by atoms with Gasteiger partial charge in [-0.15, -0.1) is 0 Å². The van der Waals surface area contributed by atoms with E-state index in [4.69, 9.17) is 33.5 Å². The van der Waals surface area contributed by atoms with Gasteiger partial charge in [-0.1, -0.05) is 34.4 Å². The van der Waals surface area contributed by atoms with Crippen LogP contribution < -0.4 is 21.5 Å². The first-order valence-electron chi connectivity index (χ1n) is 11.3. The smallest absolute Gasteiger partial charge is 0.380 e. The number of hydrogen-bond donors (Lipinski definition) is 2. The van der Waals surface area contributed by atoms with E-state index in [2.05, 4.69) is 15.5 Å². The molecule has 1 unspecified atom stereocenters. The Balaban J connectivity index is 1.29. The van der Waals surface area contributed by atoms with Crippen LogP contribution in [0.25, 0.3) is 22.1 Å². The van der Waals surface area contributed by atoms with Crippen LogP contribution in [0.1, 0.15) is 16.8 Å². The number of hydrogen-bond acceptors (Lipinski definition) is 7. The lowest BCUT2D eigenvalue weighted by molar-refractivity contribution is -0.141. The molecule has 198 valence electrons. The Morgan fingerprint density at radius 3 is 2.68 bits per heavy atom. The Hall–Kier alpha value is -3.77. The standard InChI is InChI=1S/C24H19Cl2F3N6O3/c25-16-7-12(13-2-4-18(36)35(9-13)11-24(27,28)29)1-3-15(16)23(37)32-14-5-6-34(10-14)22-20-19(17(26)8-31-22)21(30)33-38-20/h1-4,7-9,14H,5-6,10-11H2,(H2,30,33)(H,32,37). The highest BCUT2D eigenvalue weighted by Gasteiger charge is 2.30. The van der Waals surface area contributed by atoms with Gasteiger partial charge in [0, 0.05) is 37.6 Å². The number of carbonyl (C=O) groups is 1. The van der Waals surface area contributed by atoms with Crippen LogP contribution in [-0.4, -0.2) is 45.9 Å². The second-order valence-corrected chi connectivity index (χ2v) is 9.61. The fourth-order valence-corrected chi connectivity index (χ4v) is 4.88. The zero-order valence-electron chi connectivity index (χ0n) is 19.4. The Morgan fingerprint density at radius 2 is 1.95 bits per heavy atom. The molecule has 5 rings (SSSR count). The highest BCUT2D eigenvalue weighted by Crippen LogP contribution is 2.35. The van der Waals surface area contributed by atoms with Crippen molar-refractivity contribution in [3.8, 4) is 11.1 Å². The number of carbonyl (C=O) groups excluding carboxylic acids is 1. The number of nitrogens with two attached hydrogens (primary N) is 1. The number of alkyl halides is 3. The summed E-state index contributed by atoms with van der Waals surface area (Å²) in [5.41, 5.74) is 6.43. The highest BCUT2D eigenvalue weighted by molar-refractivity contribution is 6.36. The monoisotopic (exact) mass is 566 g/mol. The maximum Gasteiger partial charge on any atom is 0.406 e. The van der Waals surface area contributed by atoms with Gasteiger partial charge >= 0.3 is 6.18 Å². The lowest BCUT2D eigenvalue weighted by Gasteiger charge is -2.18. The van der Waals surface area contributed by atoms with E-state index in [0.717, 1.165) is 12.3 Å². The van der Waals surface area contributed by atoms with E-state index in [1.54, 1.807) is 6.07 Å². The first-order valence-corrected chi connectivity index (χ1v) is 12.1. The molecule has 4 heterocycles. The van der Waals surface area contributed by atoms with Crippen molar-refractivity contribution in [2.45, 2.75) is 25.2 Å². The third-order valence-corrected chi connectivity index (χ3v) is 6.76. The maximum atomic E-state index is 13.0. The minimum absolute atomic E-state index is 0.113. The molecule has 3 aromatic heterocycles. The summed E-state index contributed by atoms with van der Waals surface area (Å²) in [5, 5.41) is 7.61. The molecule has 4 aromatic rings. The quantitative estimate of drug-likeness (QED) is 0.364. The Morgan fingerprint density at radius 1 is 1.18 bits per heavy atom. The van der Waals surface area contributed by atoms with E-state index in [-0.39, 0.29) is 22.4 Å². The molecule has 1 saturated heterocycles. The number of rotatable bonds is 5. The van der Waals surface area contributed by atoms with Crippen molar-refractivity contribution >= 4 is 51.7 Å². The van der Waals surface area contributed by atoms with Crippen LogP contribution in [0.5, 0.6) is 0 Å². The molecule has 1 fully saturated rings. The number of amides is 1. The highest BCUT2D eigenvalue weighted by atomic mass is 35.5. The number of nitrogens with one attached hydrogen (secondary N) is 1. The molecular formula is C24H19Cl2F3N6O3. The molecule has 1 aromatic carbocycles. The molecule has 14 heteroatoms. The molecular weight excluding hydrogens is 548 g/mol. The zero-order valence-corrected chi connectivity index (χ0v) is 20.9. The van der Waals surface area contributed by atoms with Crippen molar-refractivity contribution in [2.75, 3.05) is 23.7 Å². The Kier molecular flexibility index (Phi) is 6.70. The predicted molar refractivity (Wildman–Crippen MR) is 137 cm³/mol. The second kappa shape index (κ2) is 9.84. The molecule has 0 spiro atoms. The van der Waals surface area contributed by atoms with E-state index in [9.17, 15) is 22.8 Å². The second-order valence-electron chi connectivity index (χ2n) is 8.80. The zero-order chi connectivity index (χ0) is 27.2. The summed E-state index contributed by atoms with van der Waals surface area (Å²) in [7, 11) is 0. The fourth-order valence-electron chi connectivity index (χ4n) is 4.38. The molecule has 1 aliphatic heterocycles. The number of pyridine rings is 2. The first kappa shape index (κ1) is 25.9. The number of fused-ring (bicyclic) bond motifs is 1. The fraction of sp³-hybridized carbons (Fsp3) is 0.250. The lowest BCUT2D eigenvalue weighted by Crippen LogP contribution is -2.37. The Labute approximate surface area is 222 Å². The molecule has 1 aliphatic rings. The molecule has 3 N–H and O–H groups in total. The van der Waals surface area contributed by atoms with Gasteiger partial charge in [-0.05, 0) is 35.7 Å². The SMILES string of the molecule is Nc1noc2c(N3CCC(NC(=O)c4ccc(-c5ccc(=O)n(CC(F)(F)F)c5)cc4Cl)C3)ncc(Cl)c12. The van der Waals surface area contributed by atoms with Crippen LogP contribution in [-0.2, 0) is 6.54 Å². The van der Waals surface area contributed by atoms with Crippen LogP contribution in [0, 0.1) is 0 Å². The van der Waals surface area contributed by atoms with Crippen LogP contribution >= 0.6 is 23.2 Å². The molecule has 1 atom stereocenters. The largest absolute Gasteiger partial charge is 0.406 e. The lowest BCUT2D eigenvalue weighted by atomic mass is 10.0. The number of halogens is 5. The third kappa shape index (κ3) is 5.14. The summed E-state index contributed by atoms with van der Waals surface area (Å²) >= 11 is 12.5. The topological polar surface area (TPSA) is 119 Å². The van der Waals surface area contributed by atoms with E-state index in [1.807, 2.05) is 4.90 Å². The van der Waals surface area contributed by atoms with Gasteiger partial charge in [-0.25, -0.2) is 4.98 Å². The maximum absolute atomic E-state index is 13.0. The molecule has 1 amide bonds. The molecule has 38 heavy (non-hydrogen) atoms. The van der Waals surface area contributed by atoms with Gasteiger partial charge in [-0.2, -0.15) is 13.2 Å². The molecule has 0 bridgehead atoms. The van der Waals surface area contributed by atoms with Crippen molar-refractivity contribution in [1.82, 2.24) is 20.0 Å². The predicted octanol–water partition coefficient (Wildman–Crippen LogP) is 4.51. The number of anilines is 2. The summed E-state index contributed by atoms with van der Waals surface area (Å²) < 4.78 is 44.2. The van der Waals surface area contributed by atoms with E-state index < -0.39 is 24.2 Å². The van der Waals surface area contributed by atoms with E-state index in [1.165, 1.54) is 24.4 Å². The van der Waals surface area contributed by atoms with Crippen LogP contribution in [0.4, 0.5) is 24.8 Å². The van der Waals surface area contributed by atoms with Gasteiger partial charge in [0.15, 0.2) is 11.6 Å². The number of benzene rings is 1. The first-order chi connectivity index (χ1) is 18.0. The van der Waals surface area contributed by atoms with Crippen LogP contribution in [0.15, 0.2) is 52.0 Å². The molecule has 0 saturated carbocycles. The van der Waals surface area contributed by atoms with E-state index >= 15 is 0 Å². The summed E-state index contributed by atoms with van der Waals surface area (Å²) in [4.78, 5) is 31.0. The van der Waals surface area contributed by atoms with Crippen molar-refractivity contribution in [3.05, 3.63) is 68.7 Å². The minimum Gasteiger partial charge on any atom is -0.380 e. The van der Waals surface area contributed by atoms with Gasteiger partial charge in [0.25, 0.3) is 11.5 Å². The van der Waals surface area contributed by atoms with Crippen molar-refractivity contribution in [2.24, 2.45) is 0 Å². The third-order valence-electron chi connectivity index (χ3n) is 6.16. The number of aromatic nitrogens is 3. The van der Waals surface area contributed by atoms with Gasteiger partial charge in [0.1, 0.15) is 6.54 Å². The number of nitrogen functional groups attached to an aromatic ring is 1. The minimum atomic E-state index is -4.55. The van der Waals surface area contributed by atoms with Crippen molar-refractivity contribution in [1.29, 1.82) is 0 Å². The molecule has 9 nitrogen and oxygen atoms in total. The summed E-state index contributed by atoms with van der Waals surface area (Å²) in [6.07, 6.45) is -1.35. The average Bonchev–Trinajstić information content (AvgIpc) is 3.47. The summed E-state index contributed by atoms with van der Waals surface area (Å²) in [6, 6.07) is 6.74. The van der Waals surface area contributed by atoms with Crippen molar-refractivity contribution in [3.63, 3.8) is 0 Å². The van der Waals surface area contributed by atoms with Gasteiger partial charge in [0.05, 0.1) is 21.0 Å². The number of nitrogens with zero attached hydrogens (tertiary/aromatic N) is 4. The average molecular weight is 567 g/mol. The van der Waals surface area contributed by atoms with Gasteiger partial charge in [0.2, 0.25) is 5.58 Å². The van der Waals surface area contributed by atoms with Gasteiger partial charge in [-0.3, -0.25) is 9.59 Å². The van der Waals surface area contributed by atoms with Crippen molar-refractivity contribution < 1.29 is 22.5 Å². The molecule has 0 aliphatic carbocycles. The molecule has 0 radical (unpaired) electrons. The van der Waals surface area contributed by atoms with Crippen LogP contribution in [0.3, 0.4) is 0 Å². The summed E-state index contributed by atoms with van der Waals surface area (Å²) in [6.45, 7) is -0.394.